The van der Waals surface area contributed by atoms with Gasteiger partial charge in [0.25, 0.3) is 0 Å². The number of Topliss-reactive ketones (excluding diaryl/α,β-unsaturated/α-hetero) is 1. The topological polar surface area (TPSA) is 100 Å². The van der Waals surface area contributed by atoms with Gasteiger partial charge in [-0.1, -0.05) is 19.4 Å². The highest BCUT2D eigenvalue weighted by molar-refractivity contribution is 6.12. The van der Waals surface area contributed by atoms with Gasteiger partial charge in [0.2, 0.25) is 0 Å². The van der Waals surface area contributed by atoms with Gasteiger partial charge in [0.15, 0.2) is 17.3 Å². The SMILES string of the molecule is COC(=O)[C@@H]1C(=O)C2=C(C[C@H]1C)NC(C)=C(C(=O)OC1CCCCC1)[C@H]2c1ccc(OC)c(OC)c1. The van der Waals surface area contributed by atoms with E-state index in [-0.39, 0.29) is 17.8 Å². The molecule has 0 aromatic heterocycles. The Morgan fingerprint density at radius 1 is 1.00 bits per heavy atom. The Morgan fingerprint density at radius 3 is 2.33 bits per heavy atom. The highest BCUT2D eigenvalue weighted by Crippen LogP contribution is 2.47. The quantitative estimate of drug-likeness (QED) is 0.461. The van der Waals surface area contributed by atoms with Crippen LogP contribution in [0.25, 0.3) is 0 Å². The molecule has 8 heteroatoms. The first-order chi connectivity index (χ1) is 17.3. The first-order valence-corrected chi connectivity index (χ1v) is 12.6. The zero-order valence-electron chi connectivity index (χ0n) is 21.6. The second kappa shape index (κ2) is 10.8. The van der Waals surface area contributed by atoms with Gasteiger partial charge in [-0.3, -0.25) is 9.59 Å². The third kappa shape index (κ3) is 4.73. The molecule has 0 spiro atoms. The molecule has 2 aliphatic carbocycles. The monoisotopic (exact) mass is 497 g/mol. The zero-order chi connectivity index (χ0) is 26.0. The Kier molecular flexibility index (Phi) is 7.71. The van der Waals surface area contributed by atoms with E-state index in [2.05, 4.69) is 5.32 Å². The second-order valence-electron chi connectivity index (χ2n) is 9.82. The summed E-state index contributed by atoms with van der Waals surface area (Å²) in [6, 6.07) is 5.35. The molecule has 194 valence electrons. The summed E-state index contributed by atoms with van der Waals surface area (Å²) in [5, 5.41) is 3.31. The molecule has 1 saturated carbocycles. The molecule has 0 amide bonds. The van der Waals surface area contributed by atoms with Crippen LogP contribution >= 0.6 is 0 Å². The van der Waals surface area contributed by atoms with E-state index in [9.17, 15) is 14.4 Å². The van der Waals surface area contributed by atoms with Crippen molar-refractivity contribution in [1.82, 2.24) is 5.32 Å². The number of ketones is 1. The van der Waals surface area contributed by atoms with Gasteiger partial charge in [-0.15, -0.1) is 0 Å². The standard InChI is InChI=1S/C28H35NO7/c1-15-13-19-25(26(30)22(15)27(31)35-5)24(17-11-12-20(33-3)21(14-17)34-4)23(16(2)29-19)28(32)36-18-9-7-6-8-10-18/h11-12,14-15,18,22,24,29H,6-10,13H2,1-5H3/t15-,22+,24-/m1/s1. The van der Waals surface area contributed by atoms with Gasteiger partial charge in [-0.2, -0.15) is 0 Å². The third-order valence-electron chi connectivity index (χ3n) is 7.53. The predicted octanol–water partition coefficient (Wildman–Crippen LogP) is 4.19. The fraction of sp³-hybridized carbons (Fsp3) is 0.536. The van der Waals surface area contributed by atoms with Crippen molar-refractivity contribution in [2.24, 2.45) is 11.8 Å². The maximum absolute atomic E-state index is 13.9. The molecule has 4 rings (SSSR count). The number of rotatable bonds is 6. The first kappa shape index (κ1) is 25.8. The van der Waals surface area contributed by atoms with Crippen molar-refractivity contribution in [3.05, 3.63) is 46.3 Å². The van der Waals surface area contributed by atoms with Crippen LogP contribution in [-0.4, -0.2) is 45.2 Å². The highest BCUT2D eigenvalue weighted by Gasteiger charge is 2.47. The molecule has 0 radical (unpaired) electrons. The maximum atomic E-state index is 13.9. The lowest BCUT2D eigenvalue weighted by atomic mass is 9.69. The Hall–Kier alpha value is -3.29. The van der Waals surface area contributed by atoms with Crippen LogP contribution in [0.4, 0.5) is 0 Å². The van der Waals surface area contributed by atoms with Gasteiger partial charge >= 0.3 is 11.9 Å². The van der Waals surface area contributed by atoms with Crippen molar-refractivity contribution < 1.29 is 33.3 Å². The molecule has 1 aromatic rings. The first-order valence-electron chi connectivity index (χ1n) is 12.6. The lowest BCUT2D eigenvalue weighted by molar-refractivity contribution is -0.151. The van der Waals surface area contributed by atoms with Crippen LogP contribution in [0, 0.1) is 11.8 Å². The average molecular weight is 498 g/mol. The fourth-order valence-corrected chi connectivity index (χ4v) is 5.71. The summed E-state index contributed by atoms with van der Waals surface area (Å²) in [4.78, 5) is 40.1. The summed E-state index contributed by atoms with van der Waals surface area (Å²) in [6.45, 7) is 3.69. The number of esters is 2. The molecule has 1 aliphatic heterocycles. The Balaban J connectivity index is 1.82. The lowest BCUT2D eigenvalue weighted by Crippen LogP contribution is -2.43. The lowest BCUT2D eigenvalue weighted by Gasteiger charge is -2.38. The van der Waals surface area contributed by atoms with Gasteiger partial charge < -0.3 is 24.3 Å². The van der Waals surface area contributed by atoms with E-state index < -0.39 is 23.8 Å². The molecule has 3 atom stereocenters. The van der Waals surface area contributed by atoms with E-state index in [1.165, 1.54) is 14.2 Å². The Morgan fingerprint density at radius 2 is 1.69 bits per heavy atom. The number of carbonyl (C=O) groups is 3. The molecule has 36 heavy (non-hydrogen) atoms. The van der Waals surface area contributed by atoms with Crippen molar-refractivity contribution in [1.29, 1.82) is 0 Å². The highest BCUT2D eigenvalue weighted by atomic mass is 16.5. The number of dihydropyridines is 1. The molecule has 8 nitrogen and oxygen atoms in total. The Labute approximate surface area is 212 Å². The number of allylic oxidation sites excluding steroid dienone is 3. The van der Waals surface area contributed by atoms with Gasteiger partial charge in [0.1, 0.15) is 12.0 Å². The molecular weight excluding hydrogens is 462 g/mol. The smallest absolute Gasteiger partial charge is 0.337 e. The van der Waals surface area contributed by atoms with Crippen LogP contribution in [0.5, 0.6) is 11.5 Å². The van der Waals surface area contributed by atoms with Crippen LogP contribution in [0.1, 0.15) is 63.9 Å². The summed E-state index contributed by atoms with van der Waals surface area (Å²) >= 11 is 0. The third-order valence-corrected chi connectivity index (χ3v) is 7.53. The summed E-state index contributed by atoms with van der Waals surface area (Å²) in [5.74, 6) is -2.23. The van der Waals surface area contributed by atoms with Crippen molar-refractivity contribution in [3.8, 4) is 11.5 Å². The van der Waals surface area contributed by atoms with Gasteiger partial charge in [0, 0.05) is 22.9 Å². The number of hydrogen-bond acceptors (Lipinski definition) is 8. The van der Waals surface area contributed by atoms with Gasteiger partial charge in [-0.05, 0) is 62.6 Å². The van der Waals surface area contributed by atoms with Crippen LogP contribution in [-0.2, 0) is 23.9 Å². The molecule has 3 aliphatic rings. The minimum Gasteiger partial charge on any atom is -0.493 e. The van der Waals surface area contributed by atoms with E-state index >= 15 is 0 Å². The summed E-state index contributed by atoms with van der Waals surface area (Å²) in [6.07, 6.45) is 5.21. The molecule has 0 bridgehead atoms. The number of ether oxygens (including phenoxy) is 4. The van der Waals surface area contributed by atoms with Crippen molar-refractivity contribution in [3.63, 3.8) is 0 Å². The number of carbonyl (C=O) groups excluding carboxylic acids is 3. The van der Waals surface area contributed by atoms with Crippen LogP contribution in [0.15, 0.2) is 40.7 Å². The summed E-state index contributed by atoms with van der Waals surface area (Å²) in [7, 11) is 4.37. The van der Waals surface area contributed by atoms with E-state index in [1.807, 2.05) is 19.9 Å². The fourth-order valence-electron chi connectivity index (χ4n) is 5.71. The molecule has 0 unspecified atom stereocenters. The molecule has 1 aromatic carbocycles. The molecule has 1 heterocycles. The van der Waals surface area contributed by atoms with Crippen molar-refractivity contribution >= 4 is 17.7 Å². The zero-order valence-corrected chi connectivity index (χ0v) is 21.6. The van der Waals surface area contributed by atoms with Crippen LogP contribution in [0.2, 0.25) is 0 Å². The molecule has 1 fully saturated rings. The minimum atomic E-state index is -0.938. The van der Waals surface area contributed by atoms with Gasteiger partial charge in [0.05, 0.1) is 26.9 Å². The predicted molar refractivity (Wildman–Crippen MR) is 132 cm³/mol. The summed E-state index contributed by atoms with van der Waals surface area (Å²) < 4.78 is 21.9. The normalized spacial score (nSPS) is 24.6. The second-order valence-corrected chi connectivity index (χ2v) is 9.82. The number of benzene rings is 1. The van der Waals surface area contributed by atoms with Crippen LogP contribution < -0.4 is 14.8 Å². The number of hydrogen-bond donors (Lipinski definition) is 1. The van der Waals surface area contributed by atoms with E-state index in [1.54, 1.807) is 19.2 Å². The average Bonchev–Trinajstić information content (AvgIpc) is 2.87. The molecular formula is C28H35NO7. The minimum absolute atomic E-state index is 0.141. The molecule has 1 N–H and O–H groups in total. The Bertz CT molecular complexity index is 1110. The maximum Gasteiger partial charge on any atom is 0.337 e. The van der Waals surface area contributed by atoms with Crippen LogP contribution in [0.3, 0.4) is 0 Å². The van der Waals surface area contributed by atoms with Crippen molar-refractivity contribution in [2.45, 2.75) is 64.4 Å². The van der Waals surface area contributed by atoms with Crippen molar-refractivity contribution in [2.75, 3.05) is 21.3 Å². The number of methoxy groups -OCH3 is 3. The number of nitrogens with one attached hydrogen (secondary N) is 1. The largest absolute Gasteiger partial charge is 0.493 e. The van der Waals surface area contributed by atoms with E-state index in [4.69, 9.17) is 18.9 Å². The van der Waals surface area contributed by atoms with Gasteiger partial charge in [-0.25, -0.2) is 4.79 Å². The van der Waals surface area contributed by atoms with E-state index in [0.717, 1.165) is 37.8 Å². The molecule has 0 saturated heterocycles. The summed E-state index contributed by atoms with van der Waals surface area (Å²) in [5.41, 5.74) is 2.82. The van der Waals surface area contributed by atoms with E-state index in [0.29, 0.717) is 40.3 Å².